The molecule has 3 amide bonds. The number of anilines is 1. The molecule has 0 aromatic heterocycles. The summed E-state index contributed by atoms with van der Waals surface area (Å²) >= 11 is 0. The van der Waals surface area contributed by atoms with Gasteiger partial charge in [-0.25, -0.2) is 0 Å². The first-order valence-electron chi connectivity index (χ1n) is 13.2. The van der Waals surface area contributed by atoms with Crippen molar-refractivity contribution in [1.29, 1.82) is 0 Å². The number of hydrogen-bond donors (Lipinski definition) is 0. The van der Waals surface area contributed by atoms with E-state index in [1.54, 1.807) is 4.90 Å². The molecule has 0 bridgehead atoms. The third-order valence-electron chi connectivity index (χ3n) is 8.65. The van der Waals surface area contributed by atoms with Gasteiger partial charge in [-0.15, -0.1) is 0 Å². The summed E-state index contributed by atoms with van der Waals surface area (Å²) < 4.78 is 0. The molecule has 4 fully saturated rings. The van der Waals surface area contributed by atoms with Crippen LogP contribution >= 0.6 is 0 Å². The molecule has 3 aliphatic heterocycles. The highest BCUT2D eigenvalue weighted by Gasteiger charge is 2.54. The van der Waals surface area contributed by atoms with Gasteiger partial charge < -0.3 is 19.6 Å². The first kappa shape index (κ1) is 23.2. The van der Waals surface area contributed by atoms with Gasteiger partial charge in [0.25, 0.3) is 5.91 Å². The summed E-state index contributed by atoms with van der Waals surface area (Å²) in [5.74, 6) is 1.20. The fraction of sp³-hybridized carbons (Fsp3) is 0.667. The van der Waals surface area contributed by atoms with Gasteiger partial charge in [0.15, 0.2) is 0 Å². The minimum absolute atomic E-state index is 0.0445. The van der Waals surface area contributed by atoms with Crippen LogP contribution in [0.2, 0.25) is 0 Å². The highest BCUT2D eigenvalue weighted by Crippen LogP contribution is 2.40. The van der Waals surface area contributed by atoms with E-state index >= 15 is 0 Å². The maximum absolute atomic E-state index is 13.9. The molecule has 0 N–H and O–H groups in total. The van der Waals surface area contributed by atoms with Gasteiger partial charge in [0, 0.05) is 37.8 Å². The van der Waals surface area contributed by atoms with E-state index in [1.807, 2.05) is 40.1 Å². The van der Waals surface area contributed by atoms with Gasteiger partial charge in [-0.1, -0.05) is 38.0 Å². The van der Waals surface area contributed by atoms with Gasteiger partial charge in [-0.05, 0) is 56.6 Å². The number of hydrogen-bond acceptors (Lipinski definition) is 4. The van der Waals surface area contributed by atoms with E-state index in [4.69, 9.17) is 0 Å². The Balaban J connectivity index is 1.32. The average Bonchev–Trinajstić information content (AvgIpc) is 3.49. The number of carbonyl (C=O) groups is 3. The lowest BCUT2D eigenvalue weighted by atomic mass is 9.85. The Labute approximate surface area is 203 Å². The summed E-state index contributed by atoms with van der Waals surface area (Å²) in [6, 6.07) is 10.1. The summed E-state index contributed by atoms with van der Waals surface area (Å²) in [7, 11) is 0. The Morgan fingerprint density at radius 2 is 1.56 bits per heavy atom. The Morgan fingerprint density at radius 3 is 2.21 bits per heavy atom. The standard InChI is InChI=1S/C27H38N4O3/c1-21-11-15-28(16-12-21)24(32)19-30-20-31(23-9-3-2-4-10-23)27(26(30)34)13-17-29(18-14-27)25(33)22-7-5-6-8-22/h2-4,9-10,21-22H,5-8,11-20H2,1H3. The lowest BCUT2D eigenvalue weighted by Gasteiger charge is -2.43. The number of benzene rings is 1. The molecule has 7 nitrogen and oxygen atoms in total. The van der Waals surface area contributed by atoms with Crippen LogP contribution in [0.5, 0.6) is 0 Å². The summed E-state index contributed by atoms with van der Waals surface area (Å²) in [6.07, 6.45) is 7.59. The van der Waals surface area contributed by atoms with E-state index < -0.39 is 5.54 Å². The summed E-state index contributed by atoms with van der Waals surface area (Å²) in [5.41, 5.74) is 0.331. The van der Waals surface area contributed by atoms with Crippen molar-refractivity contribution >= 4 is 23.4 Å². The minimum atomic E-state index is -0.676. The van der Waals surface area contributed by atoms with Crippen LogP contribution in [0, 0.1) is 11.8 Å². The van der Waals surface area contributed by atoms with Gasteiger partial charge in [0.2, 0.25) is 11.8 Å². The van der Waals surface area contributed by atoms with Gasteiger partial charge in [-0.3, -0.25) is 14.4 Å². The number of nitrogens with zero attached hydrogens (tertiary/aromatic N) is 4. The maximum Gasteiger partial charge on any atom is 0.250 e. The Hall–Kier alpha value is -2.57. The lowest BCUT2D eigenvalue weighted by molar-refractivity contribution is -0.143. The predicted molar refractivity (Wildman–Crippen MR) is 131 cm³/mol. The molecule has 5 rings (SSSR count). The SMILES string of the molecule is CC1CCN(C(=O)CN2CN(c3ccccc3)C3(CCN(C(=O)C4CCCC4)CC3)C2=O)CC1. The van der Waals surface area contributed by atoms with Crippen LogP contribution in [0.1, 0.15) is 58.3 Å². The van der Waals surface area contributed by atoms with Crippen molar-refractivity contribution in [2.45, 2.75) is 63.8 Å². The largest absolute Gasteiger partial charge is 0.342 e. The number of piperidine rings is 2. The zero-order chi connectivity index (χ0) is 23.7. The molecule has 1 spiro atoms. The van der Waals surface area contributed by atoms with E-state index in [-0.39, 0.29) is 30.2 Å². The molecule has 3 saturated heterocycles. The third kappa shape index (κ3) is 4.29. The van der Waals surface area contributed by atoms with Crippen molar-refractivity contribution in [3.8, 4) is 0 Å². The maximum atomic E-state index is 13.9. The first-order chi connectivity index (χ1) is 16.5. The molecule has 1 aromatic rings. The van der Waals surface area contributed by atoms with Gasteiger partial charge >= 0.3 is 0 Å². The number of para-hydroxylation sites is 1. The van der Waals surface area contributed by atoms with Crippen molar-refractivity contribution in [2.24, 2.45) is 11.8 Å². The van der Waals surface area contributed by atoms with Crippen LogP contribution in [0.15, 0.2) is 30.3 Å². The molecule has 3 heterocycles. The molecule has 1 aromatic carbocycles. The molecule has 0 radical (unpaired) electrons. The first-order valence-corrected chi connectivity index (χ1v) is 13.2. The zero-order valence-electron chi connectivity index (χ0n) is 20.5. The fourth-order valence-corrected chi connectivity index (χ4v) is 6.37. The Morgan fingerprint density at radius 1 is 0.912 bits per heavy atom. The molecule has 184 valence electrons. The van der Waals surface area contributed by atoms with Crippen molar-refractivity contribution in [1.82, 2.24) is 14.7 Å². The molecule has 34 heavy (non-hydrogen) atoms. The van der Waals surface area contributed by atoms with Gasteiger partial charge in [0.05, 0.1) is 6.67 Å². The number of likely N-dealkylation sites (tertiary alicyclic amines) is 2. The smallest absolute Gasteiger partial charge is 0.250 e. The van der Waals surface area contributed by atoms with Crippen LogP contribution in [0.25, 0.3) is 0 Å². The van der Waals surface area contributed by atoms with E-state index in [1.165, 1.54) is 0 Å². The molecule has 7 heteroatoms. The quantitative estimate of drug-likeness (QED) is 0.684. The molecule has 1 saturated carbocycles. The van der Waals surface area contributed by atoms with E-state index in [2.05, 4.69) is 11.8 Å². The number of carbonyl (C=O) groups excluding carboxylic acids is 3. The van der Waals surface area contributed by atoms with Gasteiger partial charge in [0.1, 0.15) is 12.1 Å². The van der Waals surface area contributed by atoms with Crippen molar-refractivity contribution in [2.75, 3.05) is 44.3 Å². The van der Waals surface area contributed by atoms with E-state index in [9.17, 15) is 14.4 Å². The highest BCUT2D eigenvalue weighted by atomic mass is 16.2. The molecule has 0 unspecified atom stereocenters. The third-order valence-corrected chi connectivity index (χ3v) is 8.65. The molecular weight excluding hydrogens is 428 g/mol. The topological polar surface area (TPSA) is 64.2 Å². The Bertz CT molecular complexity index is 898. The molecule has 0 atom stereocenters. The number of amides is 3. The Kier molecular flexibility index (Phi) is 6.54. The van der Waals surface area contributed by atoms with Crippen LogP contribution in [-0.4, -0.2) is 77.4 Å². The zero-order valence-corrected chi connectivity index (χ0v) is 20.5. The normalized spacial score (nSPS) is 23.9. The predicted octanol–water partition coefficient (Wildman–Crippen LogP) is 3.10. The summed E-state index contributed by atoms with van der Waals surface area (Å²) in [5, 5.41) is 0. The van der Waals surface area contributed by atoms with Crippen molar-refractivity contribution in [3.05, 3.63) is 30.3 Å². The van der Waals surface area contributed by atoms with Crippen LogP contribution in [0.4, 0.5) is 5.69 Å². The highest BCUT2D eigenvalue weighted by molar-refractivity contribution is 5.96. The fourth-order valence-electron chi connectivity index (χ4n) is 6.37. The second kappa shape index (κ2) is 9.59. The monoisotopic (exact) mass is 466 g/mol. The lowest BCUT2D eigenvalue weighted by Crippen LogP contribution is -2.58. The van der Waals surface area contributed by atoms with Crippen LogP contribution < -0.4 is 4.90 Å². The summed E-state index contributed by atoms with van der Waals surface area (Å²) in [6.45, 7) is 5.59. The summed E-state index contributed by atoms with van der Waals surface area (Å²) in [4.78, 5) is 47.8. The minimum Gasteiger partial charge on any atom is -0.342 e. The second-order valence-electron chi connectivity index (χ2n) is 10.8. The molecular formula is C27H38N4O3. The van der Waals surface area contributed by atoms with Crippen molar-refractivity contribution < 1.29 is 14.4 Å². The average molecular weight is 467 g/mol. The van der Waals surface area contributed by atoms with E-state index in [0.29, 0.717) is 38.5 Å². The number of rotatable bonds is 4. The molecule has 1 aliphatic carbocycles. The van der Waals surface area contributed by atoms with Crippen LogP contribution in [0.3, 0.4) is 0 Å². The molecule has 4 aliphatic rings. The van der Waals surface area contributed by atoms with E-state index in [0.717, 1.165) is 57.3 Å². The van der Waals surface area contributed by atoms with Crippen molar-refractivity contribution in [3.63, 3.8) is 0 Å². The van der Waals surface area contributed by atoms with Gasteiger partial charge in [-0.2, -0.15) is 0 Å². The van der Waals surface area contributed by atoms with Crippen LogP contribution in [-0.2, 0) is 14.4 Å². The second-order valence-corrected chi connectivity index (χ2v) is 10.8.